The van der Waals surface area contributed by atoms with Gasteiger partial charge in [0.25, 0.3) is 5.91 Å². The molecule has 0 saturated carbocycles. The summed E-state index contributed by atoms with van der Waals surface area (Å²) in [5.74, 6) is 0.642. The average molecular weight is 394 g/mol. The van der Waals surface area contributed by atoms with Gasteiger partial charge in [0.05, 0.1) is 18.1 Å². The van der Waals surface area contributed by atoms with Crippen molar-refractivity contribution in [2.75, 3.05) is 18.1 Å². The maximum Gasteiger partial charge on any atom is 0.261 e. The van der Waals surface area contributed by atoms with Gasteiger partial charge in [-0.25, -0.2) is 8.42 Å². The third-order valence-corrected chi connectivity index (χ3v) is 7.36. The Morgan fingerprint density at radius 1 is 1.31 bits per heavy atom. The lowest BCUT2D eigenvalue weighted by Gasteiger charge is -2.28. The molecule has 0 unspecified atom stereocenters. The number of rotatable bonds is 6. The zero-order valence-electron chi connectivity index (χ0n) is 15.0. The van der Waals surface area contributed by atoms with Crippen molar-refractivity contribution in [2.45, 2.75) is 32.9 Å². The van der Waals surface area contributed by atoms with Crippen LogP contribution in [0.25, 0.3) is 0 Å². The molecule has 1 aromatic heterocycles. The molecule has 5 nitrogen and oxygen atoms in total. The van der Waals surface area contributed by atoms with Gasteiger partial charge in [0.1, 0.15) is 5.75 Å². The van der Waals surface area contributed by atoms with Crippen LogP contribution in [0.4, 0.5) is 0 Å². The maximum absolute atomic E-state index is 12.8. The van der Waals surface area contributed by atoms with Gasteiger partial charge in [0.2, 0.25) is 0 Å². The number of amides is 1. The highest BCUT2D eigenvalue weighted by Crippen LogP contribution is 2.24. The van der Waals surface area contributed by atoms with Crippen molar-refractivity contribution in [3.05, 3.63) is 51.7 Å². The molecule has 1 atom stereocenters. The van der Waals surface area contributed by atoms with Crippen LogP contribution in [0.2, 0.25) is 0 Å². The van der Waals surface area contributed by atoms with Crippen molar-refractivity contribution in [3.8, 4) is 5.75 Å². The first-order valence-corrected chi connectivity index (χ1v) is 11.3. The Hall–Kier alpha value is -1.86. The van der Waals surface area contributed by atoms with E-state index in [9.17, 15) is 13.2 Å². The summed E-state index contributed by atoms with van der Waals surface area (Å²) in [5.41, 5.74) is 2.18. The molecule has 1 aliphatic heterocycles. The van der Waals surface area contributed by atoms with Crippen molar-refractivity contribution in [1.82, 2.24) is 4.90 Å². The van der Waals surface area contributed by atoms with Crippen LogP contribution in [0.1, 0.15) is 22.4 Å². The lowest BCUT2D eigenvalue weighted by Crippen LogP contribution is -2.43. The van der Waals surface area contributed by atoms with Crippen molar-refractivity contribution in [1.29, 1.82) is 0 Å². The summed E-state index contributed by atoms with van der Waals surface area (Å²) < 4.78 is 29.4. The zero-order valence-corrected chi connectivity index (χ0v) is 16.6. The first-order chi connectivity index (χ1) is 12.3. The summed E-state index contributed by atoms with van der Waals surface area (Å²) in [6, 6.07) is 9.26. The van der Waals surface area contributed by atoms with E-state index < -0.39 is 9.84 Å². The molecule has 2 heterocycles. The van der Waals surface area contributed by atoms with Crippen LogP contribution in [0.3, 0.4) is 0 Å². The number of hydrogen-bond acceptors (Lipinski definition) is 5. The van der Waals surface area contributed by atoms with E-state index in [1.165, 1.54) is 0 Å². The predicted molar refractivity (Wildman–Crippen MR) is 103 cm³/mol. The van der Waals surface area contributed by atoms with Crippen molar-refractivity contribution < 1.29 is 17.9 Å². The fraction of sp³-hybridized carbons (Fsp3) is 0.421. The van der Waals surface area contributed by atoms with E-state index in [0.717, 1.165) is 16.0 Å². The maximum atomic E-state index is 12.8. The molecule has 1 fully saturated rings. The number of ether oxygens (including phenoxy) is 1. The second kappa shape index (κ2) is 7.80. The Balaban J connectivity index is 1.73. The molecule has 1 aromatic carbocycles. The number of hydrogen-bond donors (Lipinski definition) is 0. The quantitative estimate of drug-likeness (QED) is 0.757. The molecule has 0 spiro atoms. The molecule has 140 valence electrons. The molecule has 0 radical (unpaired) electrons. The molecule has 1 aliphatic rings. The van der Waals surface area contributed by atoms with Gasteiger partial charge >= 0.3 is 0 Å². The number of benzene rings is 1. The molecule has 0 aliphatic carbocycles. The van der Waals surface area contributed by atoms with E-state index in [4.69, 9.17) is 4.74 Å². The minimum Gasteiger partial charge on any atom is -0.484 e. The predicted octanol–water partition coefficient (Wildman–Crippen LogP) is 2.96. The number of carbonyl (C=O) groups is 1. The number of thiophene rings is 1. The Morgan fingerprint density at radius 3 is 2.73 bits per heavy atom. The van der Waals surface area contributed by atoms with Crippen molar-refractivity contribution >= 4 is 27.1 Å². The van der Waals surface area contributed by atoms with Crippen LogP contribution in [-0.2, 0) is 21.2 Å². The molecule has 0 bridgehead atoms. The number of carbonyl (C=O) groups excluding carboxylic acids is 1. The minimum absolute atomic E-state index is 0.0353. The van der Waals surface area contributed by atoms with E-state index in [2.05, 4.69) is 0 Å². The van der Waals surface area contributed by atoms with Gasteiger partial charge in [0, 0.05) is 10.9 Å². The second-order valence-electron chi connectivity index (χ2n) is 6.71. The topological polar surface area (TPSA) is 63.7 Å². The summed E-state index contributed by atoms with van der Waals surface area (Å²) >= 11 is 1.59. The van der Waals surface area contributed by atoms with Gasteiger partial charge in [-0.15, -0.1) is 11.3 Å². The van der Waals surface area contributed by atoms with Crippen LogP contribution in [0.5, 0.6) is 5.75 Å². The largest absolute Gasteiger partial charge is 0.484 e. The lowest BCUT2D eigenvalue weighted by molar-refractivity contribution is -0.135. The number of nitrogens with zero attached hydrogens (tertiary/aromatic N) is 1. The number of aryl methyl sites for hydroxylation is 2. The Labute approximate surface area is 158 Å². The molecule has 2 aromatic rings. The molecular weight excluding hydrogens is 370 g/mol. The summed E-state index contributed by atoms with van der Waals surface area (Å²) in [6.07, 6.45) is 0.489. The van der Waals surface area contributed by atoms with Gasteiger partial charge in [-0.05, 0) is 55.0 Å². The zero-order chi connectivity index (χ0) is 18.7. The van der Waals surface area contributed by atoms with Crippen molar-refractivity contribution in [2.24, 2.45) is 0 Å². The van der Waals surface area contributed by atoms with E-state index in [-0.39, 0.29) is 30.1 Å². The molecule has 26 heavy (non-hydrogen) atoms. The van der Waals surface area contributed by atoms with E-state index in [1.807, 2.05) is 49.6 Å². The summed E-state index contributed by atoms with van der Waals surface area (Å²) in [7, 11) is -3.07. The standard InChI is InChI=1S/C19H23NO4S2/c1-14-4-3-5-17(10-14)24-12-19(21)20(11-18-15(2)6-8-25-18)16-7-9-26(22,23)13-16/h3-6,8,10,16H,7,9,11-13H2,1-2H3/t16-/m1/s1. The smallest absolute Gasteiger partial charge is 0.261 e. The van der Waals surface area contributed by atoms with E-state index >= 15 is 0 Å². The molecule has 1 saturated heterocycles. The van der Waals surface area contributed by atoms with Gasteiger partial charge in [-0.1, -0.05) is 12.1 Å². The normalized spacial score (nSPS) is 18.6. The van der Waals surface area contributed by atoms with Crippen LogP contribution in [0, 0.1) is 13.8 Å². The SMILES string of the molecule is Cc1cccc(OCC(=O)N(Cc2sccc2C)[C@@H]2CCS(=O)(=O)C2)c1. The third kappa shape index (κ3) is 4.65. The van der Waals surface area contributed by atoms with Crippen LogP contribution < -0.4 is 4.74 Å². The Bertz CT molecular complexity index is 888. The molecule has 7 heteroatoms. The lowest BCUT2D eigenvalue weighted by atomic mass is 10.2. The van der Waals surface area contributed by atoms with Gasteiger partial charge < -0.3 is 9.64 Å². The van der Waals surface area contributed by atoms with Gasteiger partial charge in [-0.3, -0.25) is 4.79 Å². The highest BCUT2D eigenvalue weighted by Gasteiger charge is 2.35. The average Bonchev–Trinajstić information content (AvgIpc) is 3.15. The number of sulfone groups is 1. The molecule has 3 rings (SSSR count). The van der Waals surface area contributed by atoms with Gasteiger partial charge in [0.15, 0.2) is 16.4 Å². The third-order valence-electron chi connectivity index (χ3n) is 4.60. The fourth-order valence-corrected chi connectivity index (χ4v) is 5.73. The van der Waals surface area contributed by atoms with Gasteiger partial charge in [-0.2, -0.15) is 0 Å². The summed E-state index contributed by atoms with van der Waals surface area (Å²) in [6.45, 7) is 4.30. The minimum atomic E-state index is -3.07. The molecular formula is C19H23NO4S2. The van der Waals surface area contributed by atoms with Crippen LogP contribution >= 0.6 is 11.3 Å². The fourth-order valence-electron chi connectivity index (χ4n) is 3.10. The Kier molecular flexibility index (Phi) is 5.67. The second-order valence-corrected chi connectivity index (χ2v) is 9.94. The van der Waals surface area contributed by atoms with E-state index in [1.54, 1.807) is 16.2 Å². The monoisotopic (exact) mass is 393 g/mol. The summed E-state index contributed by atoms with van der Waals surface area (Å²) in [5, 5.41) is 1.99. The van der Waals surface area contributed by atoms with Crippen LogP contribution in [0.15, 0.2) is 35.7 Å². The van der Waals surface area contributed by atoms with Crippen LogP contribution in [-0.4, -0.2) is 43.4 Å². The molecule has 1 amide bonds. The highest BCUT2D eigenvalue weighted by molar-refractivity contribution is 7.91. The van der Waals surface area contributed by atoms with Crippen molar-refractivity contribution in [3.63, 3.8) is 0 Å². The molecule has 0 N–H and O–H groups in total. The summed E-state index contributed by atoms with van der Waals surface area (Å²) in [4.78, 5) is 15.6. The first-order valence-electron chi connectivity index (χ1n) is 8.56. The first kappa shape index (κ1) is 18.9. The van der Waals surface area contributed by atoms with E-state index in [0.29, 0.717) is 18.7 Å². The Morgan fingerprint density at radius 2 is 2.12 bits per heavy atom. The highest BCUT2D eigenvalue weighted by atomic mass is 32.2.